The van der Waals surface area contributed by atoms with E-state index in [1.165, 1.54) is 6.42 Å². The minimum Gasteiger partial charge on any atom is -0.349 e. The average Bonchev–Trinajstić information content (AvgIpc) is 3.41. The Balaban J connectivity index is 0.00000208. The van der Waals surface area contributed by atoms with Gasteiger partial charge in [-0.2, -0.15) is 0 Å². The van der Waals surface area contributed by atoms with Crippen LogP contribution in [-0.2, 0) is 4.79 Å². The van der Waals surface area contributed by atoms with Crippen LogP contribution in [0, 0.1) is 11.8 Å². The third-order valence-electron chi connectivity index (χ3n) is 4.89. The average molecular weight is 352 g/mol. The summed E-state index contributed by atoms with van der Waals surface area (Å²) in [5.41, 5.74) is 7.18. The van der Waals surface area contributed by atoms with E-state index in [1.807, 2.05) is 0 Å². The molecular weight excluding hydrogens is 326 g/mol. The van der Waals surface area contributed by atoms with Crippen molar-refractivity contribution >= 4 is 29.9 Å². The SMILES string of the molecule is Cl.NCC1CCCCC1NC(=O)c1ccc(NC(=O)C2CC2)cc1. The Kier molecular flexibility index (Phi) is 6.63. The van der Waals surface area contributed by atoms with Crippen molar-refractivity contribution in [3.8, 4) is 0 Å². The van der Waals surface area contributed by atoms with Crippen LogP contribution in [0.15, 0.2) is 24.3 Å². The van der Waals surface area contributed by atoms with Crippen LogP contribution >= 0.6 is 12.4 Å². The molecule has 0 bridgehead atoms. The molecule has 0 saturated heterocycles. The molecule has 2 aliphatic carbocycles. The molecule has 5 nitrogen and oxygen atoms in total. The van der Waals surface area contributed by atoms with Gasteiger partial charge in [-0.3, -0.25) is 9.59 Å². The van der Waals surface area contributed by atoms with E-state index < -0.39 is 0 Å². The van der Waals surface area contributed by atoms with E-state index >= 15 is 0 Å². The van der Waals surface area contributed by atoms with Gasteiger partial charge in [0.2, 0.25) is 5.91 Å². The van der Waals surface area contributed by atoms with Crippen LogP contribution in [0.2, 0.25) is 0 Å². The number of nitrogens with one attached hydrogen (secondary N) is 2. The van der Waals surface area contributed by atoms with Gasteiger partial charge in [-0.05, 0) is 62.4 Å². The highest BCUT2D eigenvalue weighted by Crippen LogP contribution is 2.30. The molecule has 0 aromatic heterocycles. The lowest BCUT2D eigenvalue weighted by molar-refractivity contribution is -0.117. The second-order valence-electron chi connectivity index (χ2n) is 6.70. The van der Waals surface area contributed by atoms with Crippen molar-refractivity contribution in [2.75, 3.05) is 11.9 Å². The first-order valence-electron chi connectivity index (χ1n) is 8.59. The first kappa shape index (κ1) is 18.7. The normalized spacial score (nSPS) is 23.0. The summed E-state index contributed by atoms with van der Waals surface area (Å²) in [6.45, 7) is 0.622. The van der Waals surface area contributed by atoms with E-state index in [0.717, 1.165) is 37.8 Å². The molecule has 2 amide bonds. The molecule has 1 aromatic carbocycles. The molecule has 24 heavy (non-hydrogen) atoms. The van der Waals surface area contributed by atoms with Crippen molar-refractivity contribution < 1.29 is 9.59 Å². The van der Waals surface area contributed by atoms with Crippen LogP contribution in [0.5, 0.6) is 0 Å². The number of nitrogens with two attached hydrogens (primary N) is 1. The molecule has 1 aromatic rings. The Bertz CT molecular complexity index is 572. The first-order valence-corrected chi connectivity index (χ1v) is 8.59. The van der Waals surface area contributed by atoms with E-state index in [1.54, 1.807) is 24.3 Å². The molecule has 6 heteroatoms. The predicted molar refractivity (Wildman–Crippen MR) is 97.3 cm³/mol. The van der Waals surface area contributed by atoms with Crippen molar-refractivity contribution in [1.82, 2.24) is 5.32 Å². The van der Waals surface area contributed by atoms with Gasteiger partial charge < -0.3 is 16.4 Å². The van der Waals surface area contributed by atoms with Crippen LogP contribution in [0.4, 0.5) is 5.69 Å². The van der Waals surface area contributed by atoms with Gasteiger partial charge in [0.05, 0.1) is 0 Å². The summed E-state index contributed by atoms with van der Waals surface area (Å²) in [6.07, 6.45) is 6.40. The molecule has 3 rings (SSSR count). The molecule has 4 N–H and O–H groups in total. The number of hydrogen-bond donors (Lipinski definition) is 3. The van der Waals surface area contributed by atoms with Crippen molar-refractivity contribution in [2.24, 2.45) is 17.6 Å². The summed E-state index contributed by atoms with van der Waals surface area (Å²) >= 11 is 0. The van der Waals surface area contributed by atoms with Gasteiger partial charge in [0.1, 0.15) is 0 Å². The van der Waals surface area contributed by atoms with Crippen molar-refractivity contribution in [3.05, 3.63) is 29.8 Å². The molecule has 0 spiro atoms. The summed E-state index contributed by atoms with van der Waals surface area (Å²) in [5.74, 6) is 0.577. The van der Waals surface area contributed by atoms with E-state index in [-0.39, 0.29) is 36.2 Å². The number of carbonyl (C=O) groups excluding carboxylic acids is 2. The zero-order chi connectivity index (χ0) is 16.2. The lowest BCUT2D eigenvalue weighted by atomic mass is 9.84. The van der Waals surface area contributed by atoms with Gasteiger partial charge in [0.25, 0.3) is 5.91 Å². The lowest BCUT2D eigenvalue weighted by Crippen LogP contribution is -2.44. The smallest absolute Gasteiger partial charge is 0.251 e. The Morgan fingerprint density at radius 1 is 1.04 bits per heavy atom. The summed E-state index contributed by atoms with van der Waals surface area (Å²) in [6, 6.07) is 7.28. The minimum absolute atomic E-state index is 0. The standard InChI is InChI=1S/C18H25N3O2.ClH/c19-11-14-3-1-2-4-16(14)21-18(23)13-7-9-15(10-8-13)20-17(22)12-5-6-12;/h7-10,12,14,16H,1-6,11,19H2,(H,20,22)(H,21,23);1H. The number of halogens is 1. The van der Waals surface area contributed by atoms with Gasteiger partial charge in [-0.1, -0.05) is 12.8 Å². The number of benzene rings is 1. The van der Waals surface area contributed by atoms with Gasteiger partial charge in [-0.25, -0.2) is 0 Å². The second kappa shape index (κ2) is 8.49. The summed E-state index contributed by atoms with van der Waals surface area (Å²) in [5, 5.41) is 6.00. The van der Waals surface area contributed by atoms with Gasteiger partial charge in [-0.15, -0.1) is 12.4 Å². The Morgan fingerprint density at radius 3 is 2.33 bits per heavy atom. The Morgan fingerprint density at radius 2 is 1.71 bits per heavy atom. The van der Waals surface area contributed by atoms with E-state index in [2.05, 4.69) is 10.6 Å². The van der Waals surface area contributed by atoms with Crippen LogP contribution in [0.25, 0.3) is 0 Å². The van der Waals surface area contributed by atoms with Crippen LogP contribution in [0.1, 0.15) is 48.9 Å². The summed E-state index contributed by atoms with van der Waals surface area (Å²) < 4.78 is 0. The number of hydrogen-bond acceptors (Lipinski definition) is 3. The van der Waals surface area contributed by atoms with Gasteiger partial charge in [0, 0.05) is 23.2 Å². The van der Waals surface area contributed by atoms with Crippen molar-refractivity contribution in [1.29, 1.82) is 0 Å². The van der Waals surface area contributed by atoms with E-state index in [0.29, 0.717) is 18.0 Å². The maximum absolute atomic E-state index is 12.4. The summed E-state index contributed by atoms with van der Waals surface area (Å²) in [4.78, 5) is 24.1. The maximum Gasteiger partial charge on any atom is 0.251 e. The third kappa shape index (κ3) is 4.71. The van der Waals surface area contributed by atoms with E-state index in [4.69, 9.17) is 5.73 Å². The monoisotopic (exact) mass is 351 g/mol. The fourth-order valence-corrected chi connectivity index (χ4v) is 3.23. The molecule has 2 unspecified atom stereocenters. The largest absolute Gasteiger partial charge is 0.349 e. The van der Waals surface area contributed by atoms with Crippen molar-refractivity contribution in [2.45, 2.75) is 44.6 Å². The maximum atomic E-state index is 12.4. The topological polar surface area (TPSA) is 84.2 Å². The zero-order valence-electron chi connectivity index (χ0n) is 13.8. The second-order valence-corrected chi connectivity index (χ2v) is 6.70. The van der Waals surface area contributed by atoms with Gasteiger partial charge in [0.15, 0.2) is 0 Å². The lowest BCUT2D eigenvalue weighted by Gasteiger charge is -2.31. The summed E-state index contributed by atoms with van der Waals surface area (Å²) in [7, 11) is 0. The third-order valence-corrected chi connectivity index (χ3v) is 4.89. The minimum atomic E-state index is -0.0598. The van der Waals surface area contributed by atoms with Crippen molar-refractivity contribution in [3.63, 3.8) is 0 Å². The molecule has 0 heterocycles. The number of rotatable bonds is 5. The molecule has 2 atom stereocenters. The molecule has 132 valence electrons. The molecule has 0 aliphatic heterocycles. The number of anilines is 1. The highest BCUT2D eigenvalue weighted by molar-refractivity contribution is 5.96. The quantitative estimate of drug-likeness (QED) is 0.762. The zero-order valence-corrected chi connectivity index (χ0v) is 14.6. The molecular formula is C18H26ClN3O2. The highest BCUT2D eigenvalue weighted by Gasteiger charge is 2.29. The van der Waals surface area contributed by atoms with Gasteiger partial charge >= 0.3 is 0 Å². The number of carbonyl (C=O) groups is 2. The highest BCUT2D eigenvalue weighted by atomic mass is 35.5. The van der Waals surface area contributed by atoms with E-state index in [9.17, 15) is 9.59 Å². The number of amides is 2. The van der Waals surface area contributed by atoms with Crippen LogP contribution < -0.4 is 16.4 Å². The molecule has 2 aliphatic rings. The first-order chi connectivity index (χ1) is 11.2. The van der Waals surface area contributed by atoms with Crippen LogP contribution in [0.3, 0.4) is 0 Å². The Labute approximate surface area is 149 Å². The molecule has 2 fully saturated rings. The fraction of sp³-hybridized carbons (Fsp3) is 0.556. The Hall–Kier alpha value is -1.59. The van der Waals surface area contributed by atoms with Crippen LogP contribution in [-0.4, -0.2) is 24.4 Å². The fourth-order valence-electron chi connectivity index (χ4n) is 3.23. The molecule has 2 saturated carbocycles. The predicted octanol–water partition coefficient (Wildman–Crippen LogP) is 2.70. The molecule has 0 radical (unpaired) electrons.